The molecule has 1 aliphatic heterocycles. The summed E-state index contributed by atoms with van der Waals surface area (Å²) in [6, 6.07) is 1.78. The summed E-state index contributed by atoms with van der Waals surface area (Å²) in [6.45, 7) is 0.801. The number of nitrogens with zero attached hydrogens (tertiary/aromatic N) is 3. The first kappa shape index (κ1) is 14.1. The molecule has 0 aromatic carbocycles. The molecule has 106 valence electrons. The van der Waals surface area contributed by atoms with Crippen molar-refractivity contribution in [3.05, 3.63) is 24.0 Å². The number of hydrogen-bond donors (Lipinski definition) is 1. The van der Waals surface area contributed by atoms with Crippen LogP contribution in [0, 0.1) is 0 Å². The molecule has 0 saturated carbocycles. The maximum Gasteiger partial charge on any atom is 0.401 e. The van der Waals surface area contributed by atoms with Crippen LogP contribution in [0.4, 0.5) is 18.9 Å². The average molecular weight is 275 g/mol. The van der Waals surface area contributed by atoms with E-state index < -0.39 is 12.7 Å². The molecule has 1 aromatic rings. The summed E-state index contributed by atoms with van der Waals surface area (Å²) in [6.07, 6.45) is -0.941. The third kappa shape index (κ3) is 3.81. The molecule has 0 atom stereocenters. The Bertz CT molecular complexity index is 417. The molecule has 1 fully saturated rings. The second-order valence-electron chi connectivity index (χ2n) is 4.54. The molecule has 0 aliphatic carbocycles. The van der Waals surface area contributed by atoms with Gasteiger partial charge in [-0.1, -0.05) is 0 Å². The Morgan fingerprint density at radius 1 is 1.21 bits per heavy atom. The number of piperazine rings is 1. The second kappa shape index (κ2) is 5.75. The molecule has 1 N–H and O–H groups in total. The Labute approximate surface area is 109 Å². The normalized spacial score (nSPS) is 17.8. The summed E-state index contributed by atoms with van der Waals surface area (Å²) in [5.74, 6) is 0. The van der Waals surface area contributed by atoms with Gasteiger partial charge in [0.05, 0.1) is 13.2 Å². The number of halogens is 3. The van der Waals surface area contributed by atoms with Crippen molar-refractivity contribution < 1.29 is 18.3 Å². The van der Waals surface area contributed by atoms with Crippen LogP contribution in [0.1, 0.15) is 5.56 Å². The fraction of sp³-hybridized carbons (Fsp3) is 0.583. The van der Waals surface area contributed by atoms with Gasteiger partial charge >= 0.3 is 6.18 Å². The molecule has 19 heavy (non-hydrogen) atoms. The van der Waals surface area contributed by atoms with Crippen molar-refractivity contribution in [3.63, 3.8) is 0 Å². The average Bonchev–Trinajstić information content (AvgIpc) is 2.38. The van der Waals surface area contributed by atoms with Crippen molar-refractivity contribution in [2.24, 2.45) is 0 Å². The van der Waals surface area contributed by atoms with Gasteiger partial charge in [0.2, 0.25) is 0 Å². The van der Waals surface area contributed by atoms with Crippen LogP contribution >= 0.6 is 0 Å². The quantitative estimate of drug-likeness (QED) is 0.901. The molecule has 0 amide bonds. The Kier molecular flexibility index (Phi) is 4.26. The smallest absolute Gasteiger partial charge is 0.392 e. The van der Waals surface area contributed by atoms with Crippen LogP contribution in [-0.4, -0.2) is 53.9 Å². The van der Waals surface area contributed by atoms with E-state index in [1.54, 1.807) is 18.5 Å². The van der Waals surface area contributed by atoms with Gasteiger partial charge in [-0.3, -0.25) is 9.88 Å². The minimum Gasteiger partial charge on any atom is -0.392 e. The highest BCUT2D eigenvalue weighted by Gasteiger charge is 2.32. The first-order valence-corrected chi connectivity index (χ1v) is 6.07. The van der Waals surface area contributed by atoms with Crippen LogP contribution in [0.25, 0.3) is 0 Å². The van der Waals surface area contributed by atoms with E-state index >= 15 is 0 Å². The van der Waals surface area contributed by atoms with Gasteiger partial charge in [-0.2, -0.15) is 13.2 Å². The third-order valence-corrected chi connectivity index (χ3v) is 3.16. The Morgan fingerprint density at radius 3 is 2.47 bits per heavy atom. The van der Waals surface area contributed by atoms with E-state index in [9.17, 15) is 18.3 Å². The van der Waals surface area contributed by atoms with E-state index in [0.29, 0.717) is 31.7 Å². The summed E-state index contributed by atoms with van der Waals surface area (Å²) in [7, 11) is 0. The molecule has 0 radical (unpaired) electrons. The zero-order chi connectivity index (χ0) is 13.9. The molecule has 1 aliphatic rings. The van der Waals surface area contributed by atoms with E-state index in [1.807, 2.05) is 4.90 Å². The number of pyridine rings is 1. The fourth-order valence-electron chi connectivity index (χ4n) is 2.25. The lowest BCUT2D eigenvalue weighted by Gasteiger charge is -2.37. The Morgan fingerprint density at radius 2 is 1.89 bits per heavy atom. The first-order chi connectivity index (χ1) is 8.99. The van der Waals surface area contributed by atoms with Crippen molar-refractivity contribution in [2.75, 3.05) is 37.6 Å². The molecule has 0 spiro atoms. The van der Waals surface area contributed by atoms with Crippen molar-refractivity contribution in [1.29, 1.82) is 0 Å². The number of alkyl halides is 3. The summed E-state index contributed by atoms with van der Waals surface area (Å²) in [4.78, 5) is 7.31. The summed E-state index contributed by atoms with van der Waals surface area (Å²) in [5.41, 5.74) is 1.55. The topological polar surface area (TPSA) is 39.6 Å². The van der Waals surface area contributed by atoms with Gasteiger partial charge in [0.25, 0.3) is 0 Å². The van der Waals surface area contributed by atoms with Gasteiger partial charge in [0, 0.05) is 49.8 Å². The van der Waals surface area contributed by atoms with Crippen LogP contribution < -0.4 is 4.90 Å². The highest BCUT2D eigenvalue weighted by Crippen LogP contribution is 2.22. The van der Waals surface area contributed by atoms with Gasteiger partial charge in [-0.05, 0) is 6.07 Å². The summed E-state index contributed by atoms with van der Waals surface area (Å²) < 4.78 is 36.8. The monoisotopic (exact) mass is 275 g/mol. The molecule has 0 unspecified atom stereocenters. The van der Waals surface area contributed by atoms with E-state index in [-0.39, 0.29) is 6.61 Å². The highest BCUT2D eigenvalue weighted by atomic mass is 19.4. The van der Waals surface area contributed by atoms with Crippen molar-refractivity contribution in [3.8, 4) is 0 Å². The number of aromatic nitrogens is 1. The Hall–Kier alpha value is -1.34. The number of rotatable bonds is 3. The number of hydrogen-bond acceptors (Lipinski definition) is 4. The Balaban J connectivity index is 1.96. The molecule has 0 bridgehead atoms. The molecular weight excluding hydrogens is 259 g/mol. The van der Waals surface area contributed by atoms with Crippen LogP contribution in [0.2, 0.25) is 0 Å². The van der Waals surface area contributed by atoms with Crippen molar-refractivity contribution >= 4 is 5.69 Å². The van der Waals surface area contributed by atoms with E-state index in [1.165, 1.54) is 4.90 Å². The highest BCUT2D eigenvalue weighted by molar-refractivity contribution is 5.52. The maximum absolute atomic E-state index is 12.3. The molecule has 1 saturated heterocycles. The summed E-state index contributed by atoms with van der Waals surface area (Å²) >= 11 is 0. The zero-order valence-corrected chi connectivity index (χ0v) is 10.4. The van der Waals surface area contributed by atoms with Crippen LogP contribution in [-0.2, 0) is 6.61 Å². The van der Waals surface area contributed by atoms with Crippen LogP contribution in [0.5, 0.6) is 0 Å². The molecular formula is C12H16F3N3O. The number of anilines is 1. The summed E-state index contributed by atoms with van der Waals surface area (Å²) in [5, 5.41) is 9.23. The molecule has 1 aromatic heterocycles. The largest absolute Gasteiger partial charge is 0.401 e. The van der Waals surface area contributed by atoms with Gasteiger partial charge in [-0.15, -0.1) is 0 Å². The first-order valence-electron chi connectivity index (χ1n) is 6.07. The minimum absolute atomic E-state index is 0.119. The van der Waals surface area contributed by atoms with Gasteiger partial charge < -0.3 is 10.0 Å². The van der Waals surface area contributed by atoms with Gasteiger partial charge in [0.15, 0.2) is 0 Å². The molecule has 7 heteroatoms. The fourth-order valence-corrected chi connectivity index (χ4v) is 2.25. The van der Waals surface area contributed by atoms with Gasteiger partial charge in [0.1, 0.15) is 0 Å². The van der Waals surface area contributed by atoms with E-state index in [2.05, 4.69) is 4.98 Å². The third-order valence-electron chi connectivity index (χ3n) is 3.16. The lowest BCUT2D eigenvalue weighted by atomic mass is 10.2. The van der Waals surface area contributed by atoms with E-state index in [4.69, 9.17) is 0 Å². The van der Waals surface area contributed by atoms with Gasteiger partial charge in [-0.25, -0.2) is 0 Å². The van der Waals surface area contributed by atoms with Crippen LogP contribution in [0.15, 0.2) is 18.5 Å². The minimum atomic E-state index is -4.14. The maximum atomic E-state index is 12.3. The zero-order valence-electron chi connectivity index (χ0n) is 10.4. The SMILES string of the molecule is OCc1cnccc1N1CCN(CC(F)(F)F)CC1. The lowest BCUT2D eigenvalue weighted by molar-refractivity contribution is -0.146. The molecule has 2 rings (SSSR count). The number of aliphatic hydroxyl groups is 1. The second-order valence-corrected chi connectivity index (χ2v) is 4.54. The van der Waals surface area contributed by atoms with Crippen molar-refractivity contribution in [2.45, 2.75) is 12.8 Å². The lowest BCUT2D eigenvalue weighted by Crippen LogP contribution is -2.49. The predicted octanol–water partition coefficient (Wildman–Crippen LogP) is 1.26. The molecule has 4 nitrogen and oxygen atoms in total. The molecule has 2 heterocycles. The van der Waals surface area contributed by atoms with E-state index in [0.717, 1.165) is 5.69 Å². The predicted molar refractivity (Wildman–Crippen MR) is 64.9 cm³/mol. The van der Waals surface area contributed by atoms with Crippen LogP contribution in [0.3, 0.4) is 0 Å². The van der Waals surface area contributed by atoms with Crippen molar-refractivity contribution in [1.82, 2.24) is 9.88 Å². The number of aliphatic hydroxyl groups excluding tert-OH is 1. The standard InChI is InChI=1S/C12H16F3N3O/c13-12(14,15)9-17-3-5-18(6-4-17)11-1-2-16-7-10(11)8-19/h1-2,7,19H,3-6,8-9H2.